The Morgan fingerprint density at radius 1 is 0.587 bits per heavy atom. The molecule has 0 aromatic carbocycles. The molecule has 9 heteroatoms. The molecule has 0 N–H and O–H groups in total. The highest BCUT2D eigenvalue weighted by molar-refractivity contribution is 5.83. The van der Waals surface area contributed by atoms with Gasteiger partial charge in [-0.25, -0.2) is 0 Å². The van der Waals surface area contributed by atoms with Crippen molar-refractivity contribution in [3.8, 4) is 0 Å². The molecule has 0 rings (SSSR count). The topological polar surface area (TPSA) is 130 Å². The van der Waals surface area contributed by atoms with E-state index in [2.05, 4.69) is 6.92 Å². The van der Waals surface area contributed by atoms with E-state index in [1.807, 2.05) is 34.6 Å². The molecule has 0 radical (unpaired) electrons. The molecule has 0 aromatic rings. The van der Waals surface area contributed by atoms with Crippen LogP contribution in [0.3, 0.4) is 0 Å². The van der Waals surface area contributed by atoms with E-state index in [0.717, 1.165) is 25.7 Å². The number of carbonyl (C=O) groups excluding carboxylic acids is 6. The van der Waals surface area contributed by atoms with Crippen LogP contribution >= 0.6 is 0 Å². The summed E-state index contributed by atoms with van der Waals surface area (Å²) in [7, 11) is 0. The largest absolute Gasteiger partial charge is 0.466 e. The minimum atomic E-state index is -0.713. The minimum absolute atomic E-state index is 0.0244. The summed E-state index contributed by atoms with van der Waals surface area (Å²) in [6, 6.07) is 0. The SMILES string of the molecule is CCCCCCCCOC(=O)CC(CC=O)CC(=O)OC(CC(C)CC)C(CC)OC(=O)CC(CC(=O)CCC)CC(=O)CCC. The average molecular weight is 653 g/mol. The Labute approximate surface area is 278 Å². The molecular weight excluding hydrogens is 588 g/mol. The lowest BCUT2D eigenvalue weighted by atomic mass is 9.91. The normalized spacial score (nSPS) is 13.8. The summed E-state index contributed by atoms with van der Waals surface area (Å²) in [5.74, 6) is -2.27. The zero-order chi connectivity index (χ0) is 34.7. The number of rotatable bonds is 30. The molecule has 266 valence electrons. The number of Topliss-reactive ketones (excluding diaryl/α,β-unsaturated/α-hetero) is 2. The van der Waals surface area contributed by atoms with E-state index in [9.17, 15) is 28.8 Å². The van der Waals surface area contributed by atoms with Gasteiger partial charge in [-0.15, -0.1) is 0 Å². The third-order valence-corrected chi connectivity index (χ3v) is 8.36. The summed E-state index contributed by atoms with van der Waals surface area (Å²) in [4.78, 5) is 74.8. The maximum absolute atomic E-state index is 13.1. The van der Waals surface area contributed by atoms with Gasteiger partial charge in [0.2, 0.25) is 0 Å². The molecule has 46 heavy (non-hydrogen) atoms. The number of esters is 3. The maximum Gasteiger partial charge on any atom is 0.306 e. The summed E-state index contributed by atoms with van der Waals surface area (Å²) in [5.41, 5.74) is 0. The van der Waals surface area contributed by atoms with Gasteiger partial charge in [0, 0.05) is 51.4 Å². The monoisotopic (exact) mass is 652 g/mol. The fraction of sp³-hybridized carbons (Fsp3) is 0.838. The Kier molecular flexibility index (Phi) is 26.0. The number of ketones is 2. The van der Waals surface area contributed by atoms with Gasteiger partial charge in [-0.05, 0) is 49.9 Å². The number of hydrogen-bond acceptors (Lipinski definition) is 9. The second-order valence-electron chi connectivity index (χ2n) is 12.9. The average Bonchev–Trinajstić information content (AvgIpc) is 2.99. The number of hydrogen-bond donors (Lipinski definition) is 0. The van der Waals surface area contributed by atoms with E-state index in [-0.39, 0.29) is 56.0 Å². The zero-order valence-electron chi connectivity index (χ0n) is 29.8. The summed E-state index contributed by atoms with van der Waals surface area (Å²) < 4.78 is 17.1. The van der Waals surface area contributed by atoms with Crippen molar-refractivity contribution in [2.24, 2.45) is 17.8 Å². The summed E-state index contributed by atoms with van der Waals surface area (Å²) in [6.07, 6.45) is 9.69. The third kappa shape index (κ3) is 22.0. The van der Waals surface area contributed by atoms with Crippen LogP contribution in [-0.4, -0.2) is 54.6 Å². The van der Waals surface area contributed by atoms with Gasteiger partial charge in [-0.2, -0.15) is 0 Å². The highest BCUT2D eigenvalue weighted by Crippen LogP contribution is 2.25. The number of aldehydes is 1. The fourth-order valence-electron chi connectivity index (χ4n) is 5.53. The molecule has 0 heterocycles. The number of carbonyl (C=O) groups is 6. The van der Waals surface area contributed by atoms with Crippen molar-refractivity contribution >= 4 is 35.8 Å². The highest BCUT2D eigenvalue weighted by atomic mass is 16.6. The lowest BCUT2D eigenvalue weighted by Gasteiger charge is -2.29. The van der Waals surface area contributed by atoms with Gasteiger partial charge in [0.1, 0.15) is 30.1 Å². The van der Waals surface area contributed by atoms with Crippen LogP contribution in [0.2, 0.25) is 0 Å². The van der Waals surface area contributed by atoms with Crippen molar-refractivity contribution in [3.63, 3.8) is 0 Å². The van der Waals surface area contributed by atoms with E-state index < -0.39 is 42.0 Å². The zero-order valence-corrected chi connectivity index (χ0v) is 29.8. The molecular formula is C37H64O9. The van der Waals surface area contributed by atoms with Gasteiger partial charge >= 0.3 is 17.9 Å². The standard InChI is InChI=1S/C37H64O9/c1-7-12-13-14-15-16-21-44-35(41)25-29(19-20-38)26-36(42)46-34(22-28(6)10-4)33(11-5)45-37(43)27-30(23-31(39)17-8-2)24-32(40)18-9-3/h20,28-30,33-34H,7-19,21-27H2,1-6H3. The summed E-state index contributed by atoms with van der Waals surface area (Å²) >= 11 is 0. The Morgan fingerprint density at radius 2 is 1.11 bits per heavy atom. The van der Waals surface area contributed by atoms with Crippen LogP contribution in [-0.2, 0) is 43.0 Å². The third-order valence-electron chi connectivity index (χ3n) is 8.36. The predicted molar refractivity (Wildman–Crippen MR) is 179 cm³/mol. The van der Waals surface area contributed by atoms with Crippen molar-refractivity contribution in [2.75, 3.05) is 6.61 Å². The van der Waals surface area contributed by atoms with Crippen LogP contribution in [0, 0.1) is 17.8 Å². The van der Waals surface area contributed by atoms with Gasteiger partial charge in [0.15, 0.2) is 0 Å². The van der Waals surface area contributed by atoms with E-state index in [1.165, 1.54) is 19.3 Å². The second kappa shape index (κ2) is 27.5. The van der Waals surface area contributed by atoms with Crippen LogP contribution in [0.1, 0.15) is 164 Å². The first-order chi connectivity index (χ1) is 22.0. The highest BCUT2D eigenvalue weighted by Gasteiger charge is 2.31. The molecule has 9 nitrogen and oxygen atoms in total. The first-order valence-electron chi connectivity index (χ1n) is 18.0. The Morgan fingerprint density at radius 3 is 1.63 bits per heavy atom. The molecule has 4 unspecified atom stereocenters. The predicted octanol–water partition coefficient (Wildman–Crippen LogP) is 8.07. The van der Waals surface area contributed by atoms with E-state index >= 15 is 0 Å². The van der Waals surface area contributed by atoms with Crippen LogP contribution in [0.4, 0.5) is 0 Å². The summed E-state index contributed by atoms with van der Waals surface area (Å²) in [5, 5.41) is 0. The second-order valence-corrected chi connectivity index (χ2v) is 12.9. The van der Waals surface area contributed by atoms with Crippen LogP contribution < -0.4 is 0 Å². The smallest absolute Gasteiger partial charge is 0.306 e. The number of unbranched alkanes of at least 4 members (excludes halogenated alkanes) is 5. The van der Waals surface area contributed by atoms with E-state index in [0.29, 0.717) is 51.4 Å². The van der Waals surface area contributed by atoms with Gasteiger partial charge in [0.25, 0.3) is 0 Å². The Hall–Kier alpha value is -2.58. The molecule has 0 spiro atoms. The maximum atomic E-state index is 13.1. The van der Waals surface area contributed by atoms with Crippen LogP contribution in [0.15, 0.2) is 0 Å². The van der Waals surface area contributed by atoms with Gasteiger partial charge in [0.05, 0.1) is 6.61 Å². The molecule has 0 fully saturated rings. The van der Waals surface area contributed by atoms with E-state index in [1.54, 1.807) is 0 Å². The minimum Gasteiger partial charge on any atom is -0.466 e. The van der Waals surface area contributed by atoms with Gasteiger partial charge in [-0.1, -0.05) is 80.1 Å². The fourth-order valence-corrected chi connectivity index (χ4v) is 5.53. The van der Waals surface area contributed by atoms with Gasteiger partial charge < -0.3 is 19.0 Å². The molecule has 0 aliphatic carbocycles. The lowest BCUT2D eigenvalue weighted by Crippen LogP contribution is -2.37. The molecule has 0 aromatic heterocycles. The van der Waals surface area contributed by atoms with Crippen molar-refractivity contribution in [1.82, 2.24) is 0 Å². The molecule has 0 amide bonds. The van der Waals surface area contributed by atoms with Crippen molar-refractivity contribution in [3.05, 3.63) is 0 Å². The van der Waals surface area contributed by atoms with Crippen LogP contribution in [0.5, 0.6) is 0 Å². The first kappa shape index (κ1) is 43.4. The molecule has 4 atom stereocenters. The summed E-state index contributed by atoms with van der Waals surface area (Å²) in [6.45, 7) is 12.2. The Bertz CT molecular complexity index is 864. The molecule has 0 saturated carbocycles. The lowest BCUT2D eigenvalue weighted by molar-refractivity contribution is -0.171. The van der Waals surface area contributed by atoms with Crippen molar-refractivity contribution in [2.45, 2.75) is 176 Å². The quantitative estimate of drug-likeness (QED) is 0.0327. The van der Waals surface area contributed by atoms with Crippen molar-refractivity contribution < 1.29 is 43.0 Å². The number of ether oxygens (including phenoxy) is 3. The van der Waals surface area contributed by atoms with Crippen LogP contribution in [0.25, 0.3) is 0 Å². The molecule has 0 saturated heterocycles. The van der Waals surface area contributed by atoms with Gasteiger partial charge in [-0.3, -0.25) is 24.0 Å². The Balaban J connectivity index is 5.37. The van der Waals surface area contributed by atoms with E-state index in [4.69, 9.17) is 14.2 Å². The molecule has 0 aliphatic heterocycles. The van der Waals surface area contributed by atoms with Crippen molar-refractivity contribution in [1.29, 1.82) is 0 Å². The molecule has 0 bridgehead atoms. The molecule has 0 aliphatic rings. The first-order valence-corrected chi connectivity index (χ1v) is 18.0.